The summed E-state index contributed by atoms with van der Waals surface area (Å²) in [6.07, 6.45) is 1.82. The molecule has 0 saturated carbocycles. The summed E-state index contributed by atoms with van der Waals surface area (Å²) >= 11 is 0. The van der Waals surface area contributed by atoms with Gasteiger partial charge in [0.05, 0.1) is 17.1 Å². The zero-order chi connectivity index (χ0) is 25.8. The standard InChI is InChI=1S/C36H22N2O/c1-2-8-25(9-3-1)36-28-17-18-33-35(30-20-26-10-4-5-11-27(26)21-34(30)39-33)29(28)22-32(38-36)24-15-13-23(14-16-24)31-12-6-7-19-37-31/h1-22H. The first-order chi connectivity index (χ1) is 19.3. The van der Waals surface area contributed by atoms with Crippen LogP contribution in [-0.4, -0.2) is 9.97 Å². The highest BCUT2D eigenvalue weighted by atomic mass is 16.3. The van der Waals surface area contributed by atoms with Gasteiger partial charge in [-0.3, -0.25) is 4.98 Å². The Labute approximate surface area is 225 Å². The lowest BCUT2D eigenvalue weighted by Gasteiger charge is -2.12. The van der Waals surface area contributed by atoms with Gasteiger partial charge in [0.15, 0.2) is 0 Å². The van der Waals surface area contributed by atoms with Crippen LogP contribution in [0.25, 0.3) is 77.3 Å². The minimum Gasteiger partial charge on any atom is -0.456 e. The number of nitrogens with zero attached hydrogens (tertiary/aromatic N) is 2. The zero-order valence-electron chi connectivity index (χ0n) is 21.0. The van der Waals surface area contributed by atoms with E-state index in [-0.39, 0.29) is 0 Å². The molecule has 0 amide bonds. The lowest BCUT2D eigenvalue weighted by atomic mass is 9.96. The van der Waals surface area contributed by atoms with E-state index >= 15 is 0 Å². The van der Waals surface area contributed by atoms with Crippen molar-refractivity contribution < 1.29 is 4.42 Å². The topological polar surface area (TPSA) is 38.9 Å². The number of fused-ring (bicyclic) bond motifs is 6. The molecule has 0 aliphatic heterocycles. The summed E-state index contributed by atoms with van der Waals surface area (Å²) < 4.78 is 6.40. The molecule has 8 rings (SSSR count). The predicted octanol–water partition coefficient (Wildman–Crippen LogP) is 9.68. The summed E-state index contributed by atoms with van der Waals surface area (Å²) in [6.45, 7) is 0. The van der Waals surface area contributed by atoms with Crippen LogP contribution in [0.15, 0.2) is 138 Å². The third kappa shape index (κ3) is 3.59. The third-order valence-corrected chi connectivity index (χ3v) is 7.50. The maximum absolute atomic E-state index is 6.40. The second kappa shape index (κ2) is 8.64. The van der Waals surface area contributed by atoms with Gasteiger partial charge in [-0.25, -0.2) is 4.98 Å². The molecule has 0 N–H and O–H groups in total. The van der Waals surface area contributed by atoms with E-state index in [1.165, 1.54) is 10.8 Å². The van der Waals surface area contributed by atoms with E-state index in [0.717, 1.165) is 66.5 Å². The Kier molecular flexibility index (Phi) is 4.82. The van der Waals surface area contributed by atoms with E-state index < -0.39 is 0 Å². The molecule has 0 saturated heterocycles. The summed E-state index contributed by atoms with van der Waals surface area (Å²) in [4.78, 5) is 9.72. The molecule has 0 aliphatic rings. The van der Waals surface area contributed by atoms with Gasteiger partial charge in [0.1, 0.15) is 11.2 Å². The zero-order valence-corrected chi connectivity index (χ0v) is 21.0. The fourth-order valence-corrected chi connectivity index (χ4v) is 5.60. The van der Waals surface area contributed by atoms with Crippen LogP contribution in [0.1, 0.15) is 0 Å². The third-order valence-electron chi connectivity index (χ3n) is 7.50. The minimum atomic E-state index is 0.884. The highest BCUT2D eigenvalue weighted by Crippen LogP contribution is 2.40. The second-order valence-electron chi connectivity index (χ2n) is 9.85. The molecule has 0 spiro atoms. The second-order valence-corrected chi connectivity index (χ2v) is 9.85. The summed E-state index contributed by atoms with van der Waals surface area (Å²) in [5.41, 5.74) is 7.87. The van der Waals surface area contributed by atoms with Crippen molar-refractivity contribution in [1.29, 1.82) is 0 Å². The molecule has 182 valence electrons. The Hall–Kier alpha value is -5.28. The normalized spacial score (nSPS) is 11.6. The van der Waals surface area contributed by atoms with Gasteiger partial charge in [-0.1, -0.05) is 84.9 Å². The van der Waals surface area contributed by atoms with Crippen LogP contribution in [0.4, 0.5) is 0 Å². The maximum Gasteiger partial charge on any atom is 0.136 e. The number of rotatable bonds is 3. The first kappa shape index (κ1) is 21.8. The van der Waals surface area contributed by atoms with Crippen LogP contribution in [-0.2, 0) is 0 Å². The molecule has 0 aliphatic carbocycles. The van der Waals surface area contributed by atoms with Gasteiger partial charge in [0.25, 0.3) is 0 Å². The molecule has 3 heterocycles. The smallest absolute Gasteiger partial charge is 0.136 e. The molecule has 0 radical (unpaired) electrons. The Morgan fingerprint density at radius 2 is 1.18 bits per heavy atom. The van der Waals surface area contributed by atoms with Gasteiger partial charge in [0, 0.05) is 39.0 Å². The van der Waals surface area contributed by atoms with Crippen molar-refractivity contribution in [2.45, 2.75) is 0 Å². The van der Waals surface area contributed by atoms with E-state index in [0.29, 0.717) is 0 Å². The predicted molar refractivity (Wildman–Crippen MR) is 161 cm³/mol. The molecule has 3 aromatic heterocycles. The van der Waals surface area contributed by atoms with Gasteiger partial charge >= 0.3 is 0 Å². The van der Waals surface area contributed by atoms with Gasteiger partial charge < -0.3 is 4.42 Å². The summed E-state index contributed by atoms with van der Waals surface area (Å²) in [5, 5.41) is 6.87. The maximum atomic E-state index is 6.40. The van der Waals surface area contributed by atoms with Crippen molar-refractivity contribution in [3.8, 4) is 33.8 Å². The van der Waals surface area contributed by atoms with E-state index in [9.17, 15) is 0 Å². The molecule has 8 aromatic rings. The Morgan fingerprint density at radius 3 is 1.95 bits per heavy atom. The molecule has 0 bridgehead atoms. The molecular formula is C36H22N2O. The Bertz CT molecular complexity index is 2150. The highest BCUT2D eigenvalue weighted by Gasteiger charge is 2.17. The Balaban J connectivity index is 1.41. The summed E-state index contributed by atoms with van der Waals surface area (Å²) in [7, 11) is 0. The van der Waals surface area contributed by atoms with Gasteiger partial charge in [-0.15, -0.1) is 0 Å². The average molecular weight is 499 g/mol. The summed E-state index contributed by atoms with van der Waals surface area (Å²) in [6, 6.07) is 44.2. The number of pyridine rings is 2. The first-order valence-corrected chi connectivity index (χ1v) is 13.1. The molecule has 0 atom stereocenters. The van der Waals surface area contributed by atoms with Crippen LogP contribution < -0.4 is 0 Å². The fraction of sp³-hybridized carbons (Fsp3) is 0. The van der Waals surface area contributed by atoms with Crippen molar-refractivity contribution in [2.75, 3.05) is 0 Å². The van der Waals surface area contributed by atoms with Crippen LogP contribution >= 0.6 is 0 Å². The van der Waals surface area contributed by atoms with E-state index in [1.54, 1.807) is 0 Å². The molecule has 3 nitrogen and oxygen atoms in total. The largest absolute Gasteiger partial charge is 0.456 e. The quantitative estimate of drug-likeness (QED) is 0.243. The van der Waals surface area contributed by atoms with E-state index in [4.69, 9.17) is 9.40 Å². The van der Waals surface area contributed by atoms with Crippen LogP contribution in [0.5, 0.6) is 0 Å². The number of furan rings is 1. The van der Waals surface area contributed by atoms with E-state index in [1.807, 2.05) is 30.5 Å². The molecular weight excluding hydrogens is 476 g/mol. The van der Waals surface area contributed by atoms with Crippen LogP contribution in [0.2, 0.25) is 0 Å². The lowest BCUT2D eigenvalue weighted by Crippen LogP contribution is -1.92. The number of hydrogen-bond acceptors (Lipinski definition) is 3. The number of benzene rings is 5. The van der Waals surface area contributed by atoms with Crippen molar-refractivity contribution in [3.63, 3.8) is 0 Å². The van der Waals surface area contributed by atoms with Gasteiger partial charge in [-0.2, -0.15) is 0 Å². The van der Waals surface area contributed by atoms with Gasteiger partial charge in [-0.05, 0) is 58.6 Å². The van der Waals surface area contributed by atoms with Gasteiger partial charge in [0.2, 0.25) is 0 Å². The number of aromatic nitrogens is 2. The number of hydrogen-bond donors (Lipinski definition) is 0. The van der Waals surface area contributed by atoms with Crippen molar-refractivity contribution >= 4 is 43.5 Å². The van der Waals surface area contributed by atoms with E-state index in [2.05, 4.69) is 108 Å². The van der Waals surface area contributed by atoms with Crippen molar-refractivity contribution in [1.82, 2.24) is 9.97 Å². The molecule has 0 fully saturated rings. The van der Waals surface area contributed by atoms with Crippen LogP contribution in [0, 0.1) is 0 Å². The summed E-state index contributed by atoms with van der Waals surface area (Å²) in [5.74, 6) is 0. The molecule has 39 heavy (non-hydrogen) atoms. The Morgan fingerprint density at radius 1 is 0.462 bits per heavy atom. The molecule has 5 aromatic carbocycles. The first-order valence-electron chi connectivity index (χ1n) is 13.1. The lowest BCUT2D eigenvalue weighted by molar-refractivity contribution is 0.670. The molecule has 0 unspecified atom stereocenters. The van der Waals surface area contributed by atoms with Crippen molar-refractivity contribution in [2.24, 2.45) is 0 Å². The fourth-order valence-electron chi connectivity index (χ4n) is 5.60. The monoisotopic (exact) mass is 498 g/mol. The molecule has 3 heteroatoms. The SMILES string of the molecule is c1ccc(-c2nc(-c3ccc(-c4ccccn4)cc3)cc3c2ccc2oc4cc5ccccc5cc4c23)cc1. The average Bonchev–Trinajstić information content (AvgIpc) is 3.38. The minimum absolute atomic E-state index is 0.884. The highest BCUT2D eigenvalue weighted by molar-refractivity contribution is 6.22. The van der Waals surface area contributed by atoms with Crippen LogP contribution in [0.3, 0.4) is 0 Å². The van der Waals surface area contributed by atoms with Crippen molar-refractivity contribution in [3.05, 3.63) is 134 Å².